The zero-order valence-electron chi connectivity index (χ0n) is 19.7. The van der Waals surface area contributed by atoms with E-state index < -0.39 is 0 Å². The van der Waals surface area contributed by atoms with Crippen molar-refractivity contribution in [3.05, 3.63) is 66.2 Å². The van der Waals surface area contributed by atoms with Gasteiger partial charge in [-0.15, -0.1) is 0 Å². The lowest BCUT2D eigenvalue weighted by molar-refractivity contribution is -0.130. The number of pyridine rings is 1. The van der Waals surface area contributed by atoms with Crippen molar-refractivity contribution in [3.63, 3.8) is 0 Å². The van der Waals surface area contributed by atoms with Crippen molar-refractivity contribution in [2.45, 2.75) is 32.3 Å². The number of fused-ring (bicyclic) bond motifs is 1. The van der Waals surface area contributed by atoms with Crippen LogP contribution in [0.25, 0.3) is 10.9 Å². The van der Waals surface area contributed by atoms with Gasteiger partial charge in [-0.3, -0.25) is 9.69 Å². The Morgan fingerprint density at radius 1 is 1.03 bits per heavy atom. The molecule has 2 aliphatic rings. The van der Waals surface area contributed by atoms with Crippen molar-refractivity contribution in [3.8, 4) is 5.88 Å². The summed E-state index contributed by atoms with van der Waals surface area (Å²) in [5.41, 5.74) is 3.01. The first-order valence-corrected chi connectivity index (χ1v) is 11.9. The molecule has 1 atom stereocenters. The first kappa shape index (κ1) is 22.2. The standard InChI is InChI=1S/C27H30N4O3/c1-19(2)20-7-10-22(11-8-20)31-16-15-30(27(31)33)18-26(32)29-14-13-23(17-29)34-25-12-9-21-5-3-4-6-24(21)28-25/h3-12,19,23H,13-18H2,1-2H3. The van der Waals surface area contributed by atoms with Crippen LogP contribution in [0.5, 0.6) is 5.88 Å². The van der Waals surface area contributed by atoms with Gasteiger partial charge in [0.25, 0.3) is 0 Å². The number of para-hydroxylation sites is 1. The first-order valence-electron chi connectivity index (χ1n) is 11.9. The molecule has 0 radical (unpaired) electrons. The highest BCUT2D eigenvalue weighted by atomic mass is 16.5. The van der Waals surface area contributed by atoms with Gasteiger partial charge in [-0.1, -0.05) is 44.2 Å². The van der Waals surface area contributed by atoms with Gasteiger partial charge in [0.1, 0.15) is 12.6 Å². The molecule has 1 unspecified atom stereocenters. The maximum atomic E-state index is 12.9. The summed E-state index contributed by atoms with van der Waals surface area (Å²) in [7, 11) is 0. The van der Waals surface area contributed by atoms with Crippen molar-refractivity contribution in [2.24, 2.45) is 0 Å². The lowest BCUT2D eigenvalue weighted by atomic mass is 10.0. The Morgan fingerprint density at radius 3 is 2.62 bits per heavy atom. The van der Waals surface area contributed by atoms with E-state index in [4.69, 9.17) is 4.74 Å². The van der Waals surface area contributed by atoms with Gasteiger partial charge in [0.2, 0.25) is 11.8 Å². The summed E-state index contributed by atoms with van der Waals surface area (Å²) in [6, 6.07) is 19.8. The largest absolute Gasteiger partial charge is 0.472 e. The van der Waals surface area contributed by atoms with E-state index in [1.165, 1.54) is 5.56 Å². The molecule has 34 heavy (non-hydrogen) atoms. The van der Waals surface area contributed by atoms with E-state index in [2.05, 4.69) is 31.0 Å². The predicted molar refractivity (Wildman–Crippen MR) is 132 cm³/mol. The van der Waals surface area contributed by atoms with Gasteiger partial charge in [0.05, 0.1) is 12.1 Å². The molecule has 0 bridgehead atoms. The Kier molecular flexibility index (Phi) is 6.09. The van der Waals surface area contributed by atoms with Crippen molar-refractivity contribution >= 4 is 28.5 Å². The third-order valence-electron chi connectivity index (χ3n) is 6.65. The molecular weight excluding hydrogens is 428 g/mol. The van der Waals surface area contributed by atoms with Crippen LogP contribution in [0.3, 0.4) is 0 Å². The highest BCUT2D eigenvalue weighted by molar-refractivity contribution is 5.96. The van der Waals surface area contributed by atoms with E-state index in [0.717, 1.165) is 23.0 Å². The molecule has 7 heteroatoms. The van der Waals surface area contributed by atoms with Crippen LogP contribution in [0.4, 0.5) is 10.5 Å². The van der Waals surface area contributed by atoms with Crippen LogP contribution in [0.1, 0.15) is 31.7 Å². The van der Waals surface area contributed by atoms with Crippen LogP contribution in [0, 0.1) is 0 Å². The Balaban J connectivity index is 1.15. The smallest absolute Gasteiger partial charge is 0.325 e. The number of rotatable bonds is 6. The van der Waals surface area contributed by atoms with Gasteiger partial charge in [-0.2, -0.15) is 0 Å². The van der Waals surface area contributed by atoms with E-state index in [0.29, 0.717) is 38.0 Å². The molecule has 0 spiro atoms. The molecule has 3 amide bonds. The number of nitrogens with zero attached hydrogens (tertiary/aromatic N) is 4. The van der Waals surface area contributed by atoms with Crippen LogP contribution in [-0.2, 0) is 4.79 Å². The summed E-state index contributed by atoms with van der Waals surface area (Å²) in [5.74, 6) is 0.984. The number of hydrogen-bond acceptors (Lipinski definition) is 4. The molecule has 2 saturated heterocycles. The molecule has 7 nitrogen and oxygen atoms in total. The second kappa shape index (κ2) is 9.33. The molecule has 176 valence electrons. The highest BCUT2D eigenvalue weighted by Crippen LogP contribution is 2.24. The molecule has 1 aromatic heterocycles. The minimum absolute atomic E-state index is 0.0390. The van der Waals surface area contributed by atoms with Crippen molar-refractivity contribution < 1.29 is 14.3 Å². The number of amides is 3. The Morgan fingerprint density at radius 2 is 1.82 bits per heavy atom. The second-order valence-electron chi connectivity index (χ2n) is 9.31. The number of ether oxygens (including phenoxy) is 1. The summed E-state index contributed by atoms with van der Waals surface area (Å²) in [6.07, 6.45) is 0.658. The van der Waals surface area contributed by atoms with Crippen molar-refractivity contribution in [2.75, 3.05) is 37.6 Å². The number of anilines is 1. The summed E-state index contributed by atoms with van der Waals surface area (Å²) < 4.78 is 6.06. The maximum Gasteiger partial charge on any atom is 0.325 e. The van der Waals surface area contributed by atoms with Crippen LogP contribution >= 0.6 is 0 Å². The minimum atomic E-state index is -0.113. The van der Waals surface area contributed by atoms with Gasteiger partial charge >= 0.3 is 6.03 Å². The highest BCUT2D eigenvalue weighted by Gasteiger charge is 2.34. The van der Waals surface area contributed by atoms with E-state index in [1.54, 1.807) is 14.7 Å². The molecule has 3 heterocycles. The number of benzene rings is 2. The predicted octanol–water partition coefficient (Wildman–Crippen LogP) is 4.28. The zero-order chi connectivity index (χ0) is 23.7. The monoisotopic (exact) mass is 458 g/mol. The fraction of sp³-hybridized carbons (Fsp3) is 0.370. The summed E-state index contributed by atoms with van der Waals surface area (Å²) in [6.45, 7) is 6.67. The molecule has 2 aromatic carbocycles. The number of aromatic nitrogens is 1. The molecule has 2 fully saturated rings. The number of hydrogen-bond donors (Lipinski definition) is 0. The lowest BCUT2D eigenvalue weighted by Gasteiger charge is -2.22. The van der Waals surface area contributed by atoms with E-state index in [1.807, 2.05) is 48.5 Å². The van der Waals surface area contributed by atoms with Crippen LogP contribution in [0.2, 0.25) is 0 Å². The fourth-order valence-corrected chi connectivity index (χ4v) is 4.61. The van der Waals surface area contributed by atoms with Crippen LogP contribution < -0.4 is 9.64 Å². The number of carbonyl (C=O) groups is 2. The molecule has 5 rings (SSSR count). The normalized spacial score (nSPS) is 18.4. The molecule has 0 saturated carbocycles. The average molecular weight is 459 g/mol. The van der Waals surface area contributed by atoms with Gasteiger partial charge in [-0.05, 0) is 35.7 Å². The average Bonchev–Trinajstić information content (AvgIpc) is 3.46. The fourth-order valence-electron chi connectivity index (χ4n) is 4.61. The SMILES string of the molecule is CC(C)c1ccc(N2CCN(CC(=O)N3CCC(Oc4ccc5ccccc5n4)C3)C2=O)cc1. The number of carbonyl (C=O) groups excluding carboxylic acids is 2. The topological polar surface area (TPSA) is 66.0 Å². The molecule has 0 aliphatic carbocycles. The van der Waals surface area contributed by atoms with Crippen molar-refractivity contribution in [1.29, 1.82) is 0 Å². The van der Waals surface area contributed by atoms with Crippen molar-refractivity contribution in [1.82, 2.24) is 14.8 Å². The number of likely N-dealkylation sites (tertiary alicyclic amines) is 1. The van der Waals surface area contributed by atoms with E-state index in [-0.39, 0.29) is 24.6 Å². The quantitative estimate of drug-likeness (QED) is 0.553. The number of urea groups is 1. The molecular formula is C27H30N4O3. The zero-order valence-corrected chi connectivity index (χ0v) is 19.7. The van der Waals surface area contributed by atoms with Gasteiger partial charge in [-0.25, -0.2) is 9.78 Å². The van der Waals surface area contributed by atoms with E-state index >= 15 is 0 Å². The second-order valence-corrected chi connectivity index (χ2v) is 9.31. The summed E-state index contributed by atoms with van der Waals surface area (Å²) >= 11 is 0. The first-order chi connectivity index (χ1) is 16.5. The Hall–Kier alpha value is -3.61. The van der Waals surface area contributed by atoms with Crippen LogP contribution in [-0.4, -0.2) is 65.5 Å². The molecule has 2 aliphatic heterocycles. The van der Waals surface area contributed by atoms with Gasteiger partial charge < -0.3 is 14.5 Å². The van der Waals surface area contributed by atoms with Crippen LogP contribution in [0.15, 0.2) is 60.7 Å². The summed E-state index contributed by atoms with van der Waals surface area (Å²) in [4.78, 5) is 35.6. The summed E-state index contributed by atoms with van der Waals surface area (Å²) in [5, 5.41) is 1.07. The Labute approximate surface area is 199 Å². The third kappa shape index (κ3) is 4.55. The third-order valence-corrected chi connectivity index (χ3v) is 6.65. The van der Waals surface area contributed by atoms with Gasteiger partial charge in [0.15, 0.2) is 0 Å². The van der Waals surface area contributed by atoms with E-state index in [9.17, 15) is 9.59 Å². The lowest BCUT2D eigenvalue weighted by Crippen LogP contribution is -2.42. The Bertz CT molecular complexity index is 1190. The molecule has 3 aromatic rings. The van der Waals surface area contributed by atoms with Gasteiger partial charge in [0, 0.05) is 43.2 Å². The minimum Gasteiger partial charge on any atom is -0.472 e. The maximum absolute atomic E-state index is 12.9. The molecule has 0 N–H and O–H groups in total.